The van der Waals surface area contributed by atoms with E-state index in [-0.39, 0.29) is 11.2 Å². The third-order valence-corrected chi connectivity index (χ3v) is 3.34. The van der Waals surface area contributed by atoms with Gasteiger partial charge in [-0.15, -0.1) is 0 Å². The molecule has 0 atom stereocenters. The fourth-order valence-electron chi connectivity index (χ4n) is 2.11. The minimum absolute atomic E-state index is 0.0726. The average Bonchev–Trinajstić information content (AvgIpc) is 2.81. The van der Waals surface area contributed by atoms with Gasteiger partial charge >= 0.3 is 0 Å². The lowest BCUT2D eigenvalue weighted by molar-refractivity contribution is 0.590. The van der Waals surface area contributed by atoms with Crippen LogP contribution in [0.5, 0.6) is 0 Å². The van der Waals surface area contributed by atoms with E-state index in [0.717, 1.165) is 16.7 Å². The fraction of sp³-hybridized carbons (Fsp3) is 0.235. The van der Waals surface area contributed by atoms with Crippen molar-refractivity contribution in [2.45, 2.75) is 26.2 Å². The second-order valence-corrected chi connectivity index (χ2v) is 5.96. The zero-order chi connectivity index (χ0) is 14.3. The van der Waals surface area contributed by atoms with Gasteiger partial charge in [-0.3, -0.25) is 0 Å². The Morgan fingerprint density at radius 2 is 1.70 bits per heavy atom. The van der Waals surface area contributed by atoms with Crippen LogP contribution in [-0.2, 0) is 5.41 Å². The lowest BCUT2D eigenvalue weighted by atomic mass is 9.87. The van der Waals surface area contributed by atoms with Crippen LogP contribution >= 0.6 is 0 Å². The van der Waals surface area contributed by atoms with Crippen molar-refractivity contribution >= 4 is 11.1 Å². The van der Waals surface area contributed by atoms with Gasteiger partial charge < -0.3 is 4.42 Å². The van der Waals surface area contributed by atoms with Crippen molar-refractivity contribution in [3.63, 3.8) is 0 Å². The normalized spacial score (nSPS) is 12.0. The summed E-state index contributed by atoms with van der Waals surface area (Å²) in [6.45, 7) is 6.49. The first kappa shape index (κ1) is 12.9. The summed E-state index contributed by atoms with van der Waals surface area (Å²) in [5, 5.41) is 0. The summed E-state index contributed by atoms with van der Waals surface area (Å²) in [4.78, 5) is 4.50. The minimum Gasteiger partial charge on any atom is -0.436 e. The number of oxazole rings is 1. The van der Waals surface area contributed by atoms with Gasteiger partial charge in [-0.05, 0) is 47.4 Å². The third-order valence-electron chi connectivity index (χ3n) is 3.34. The molecule has 1 aromatic heterocycles. The molecule has 0 spiro atoms. The molecule has 0 saturated carbocycles. The molecular formula is C17H16FNO. The molecule has 3 aromatic rings. The van der Waals surface area contributed by atoms with Gasteiger partial charge in [-0.1, -0.05) is 26.8 Å². The van der Waals surface area contributed by atoms with Gasteiger partial charge in [0.15, 0.2) is 5.58 Å². The first-order valence-corrected chi connectivity index (χ1v) is 6.60. The highest BCUT2D eigenvalue weighted by Crippen LogP contribution is 2.29. The third kappa shape index (κ3) is 2.31. The number of hydrogen-bond acceptors (Lipinski definition) is 2. The molecule has 0 radical (unpaired) electrons. The highest BCUT2D eigenvalue weighted by atomic mass is 19.1. The van der Waals surface area contributed by atoms with Crippen molar-refractivity contribution in [3.05, 3.63) is 53.8 Å². The molecule has 3 heteroatoms. The molecule has 0 N–H and O–H groups in total. The van der Waals surface area contributed by atoms with Crippen molar-refractivity contribution in [3.8, 4) is 11.5 Å². The molecule has 20 heavy (non-hydrogen) atoms. The topological polar surface area (TPSA) is 26.0 Å². The van der Waals surface area contributed by atoms with Crippen LogP contribution in [0.4, 0.5) is 4.39 Å². The highest BCUT2D eigenvalue weighted by molar-refractivity contribution is 5.77. The molecule has 0 aliphatic rings. The molecule has 0 amide bonds. The Morgan fingerprint density at radius 3 is 2.35 bits per heavy atom. The number of nitrogens with zero attached hydrogens (tertiary/aromatic N) is 1. The van der Waals surface area contributed by atoms with E-state index in [0.29, 0.717) is 5.89 Å². The summed E-state index contributed by atoms with van der Waals surface area (Å²) in [5.74, 6) is 0.255. The van der Waals surface area contributed by atoms with Gasteiger partial charge in [0.2, 0.25) is 5.89 Å². The van der Waals surface area contributed by atoms with E-state index in [2.05, 4.69) is 31.8 Å². The number of aromatic nitrogens is 1. The Hall–Kier alpha value is -2.16. The maximum absolute atomic E-state index is 12.9. The van der Waals surface area contributed by atoms with Crippen LogP contribution in [0.15, 0.2) is 46.9 Å². The fourth-order valence-corrected chi connectivity index (χ4v) is 2.11. The SMILES string of the molecule is CC(C)(C)c1ccc2oc(-c3ccc(F)cc3)nc2c1. The van der Waals surface area contributed by atoms with Crippen molar-refractivity contribution in [1.82, 2.24) is 4.98 Å². The van der Waals surface area contributed by atoms with Crippen LogP contribution in [0.3, 0.4) is 0 Å². The van der Waals surface area contributed by atoms with Crippen LogP contribution < -0.4 is 0 Å². The molecule has 0 saturated heterocycles. The summed E-state index contributed by atoms with van der Waals surface area (Å²) >= 11 is 0. The number of hydrogen-bond donors (Lipinski definition) is 0. The predicted molar refractivity (Wildman–Crippen MR) is 78.1 cm³/mol. The van der Waals surface area contributed by atoms with Crippen LogP contribution in [0, 0.1) is 5.82 Å². The van der Waals surface area contributed by atoms with Crippen molar-refractivity contribution < 1.29 is 8.81 Å². The number of benzene rings is 2. The Labute approximate surface area is 117 Å². The second kappa shape index (κ2) is 4.44. The molecule has 2 nitrogen and oxygen atoms in total. The Balaban J connectivity index is 2.09. The Bertz CT molecular complexity index is 751. The first-order chi connectivity index (χ1) is 9.43. The first-order valence-electron chi connectivity index (χ1n) is 6.60. The van der Waals surface area contributed by atoms with Crippen molar-refractivity contribution in [2.75, 3.05) is 0 Å². The zero-order valence-electron chi connectivity index (χ0n) is 11.8. The molecule has 0 bridgehead atoms. The van der Waals surface area contributed by atoms with Gasteiger partial charge in [0.05, 0.1) is 0 Å². The molecule has 1 heterocycles. The zero-order valence-corrected chi connectivity index (χ0v) is 11.8. The molecular weight excluding hydrogens is 253 g/mol. The van der Waals surface area contributed by atoms with E-state index >= 15 is 0 Å². The minimum atomic E-state index is -0.264. The molecule has 102 valence electrons. The summed E-state index contributed by atoms with van der Waals surface area (Å²) in [5.41, 5.74) is 3.64. The van der Waals surface area contributed by atoms with E-state index < -0.39 is 0 Å². The molecule has 2 aromatic carbocycles. The summed E-state index contributed by atoms with van der Waals surface area (Å²) < 4.78 is 18.7. The van der Waals surface area contributed by atoms with Gasteiger partial charge in [-0.25, -0.2) is 9.37 Å². The van der Waals surface area contributed by atoms with Crippen LogP contribution in [0.1, 0.15) is 26.3 Å². The maximum Gasteiger partial charge on any atom is 0.227 e. The number of fused-ring (bicyclic) bond motifs is 1. The van der Waals surface area contributed by atoms with Crippen LogP contribution in [-0.4, -0.2) is 4.98 Å². The molecule has 0 aliphatic heterocycles. The molecule has 0 fully saturated rings. The summed E-state index contributed by atoms with van der Waals surface area (Å²) in [6, 6.07) is 12.2. The monoisotopic (exact) mass is 269 g/mol. The van der Waals surface area contributed by atoms with E-state index in [4.69, 9.17) is 4.42 Å². The summed E-state index contributed by atoms with van der Waals surface area (Å²) in [7, 11) is 0. The summed E-state index contributed by atoms with van der Waals surface area (Å²) in [6.07, 6.45) is 0. The van der Waals surface area contributed by atoms with E-state index in [1.807, 2.05) is 12.1 Å². The number of rotatable bonds is 1. The highest BCUT2D eigenvalue weighted by Gasteiger charge is 2.16. The van der Waals surface area contributed by atoms with Crippen LogP contribution in [0.25, 0.3) is 22.6 Å². The lowest BCUT2D eigenvalue weighted by Crippen LogP contribution is -2.10. The van der Waals surface area contributed by atoms with Crippen LogP contribution in [0.2, 0.25) is 0 Å². The predicted octanol–water partition coefficient (Wildman–Crippen LogP) is 4.93. The van der Waals surface area contributed by atoms with Gasteiger partial charge in [0.25, 0.3) is 0 Å². The largest absolute Gasteiger partial charge is 0.436 e. The standard InChI is InChI=1S/C17H16FNO/c1-17(2,3)12-6-9-15-14(10-12)19-16(20-15)11-4-7-13(18)8-5-11/h4-10H,1-3H3. The van der Waals surface area contributed by atoms with E-state index in [1.165, 1.54) is 17.7 Å². The van der Waals surface area contributed by atoms with Crippen molar-refractivity contribution in [2.24, 2.45) is 0 Å². The van der Waals surface area contributed by atoms with Crippen molar-refractivity contribution in [1.29, 1.82) is 0 Å². The van der Waals surface area contributed by atoms with Gasteiger partial charge in [0.1, 0.15) is 11.3 Å². The average molecular weight is 269 g/mol. The van der Waals surface area contributed by atoms with E-state index in [1.54, 1.807) is 12.1 Å². The lowest BCUT2D eigenvalue weighted by Gasteiger charge is -2.18. The van der Waals surface area contributed by atoms with Gasteiger partial charge in [0, 0.05) is 5.56 Å². The Kier molecular flexibility index (Phi) is 2.85. The number of halogens is 1. The maximum atomic E-state index is 12.9. The van der Waals surface area contributed by atoms with Gasteiger partial charge in [-0.2, -0.15) is 0 Å². The smallest absolute Gasteiger partial charge is 0.227 e. The second-order valence-electron chi connectivity index (χ2n) is 5.96. The Morgan fingerprint density at radius 1 is 1.00 bits per heavy atom. The molecule has 0 unspecified atom stereocenters. The quantitative estimate of drug-likeness (QED) is 0.626. The molecule has 3 rings (SSSR count). The molecule has 0 aliphatic carbocycles. The van der Waals surface area contributed by atoms with E-state index in [9.17, 15) is 4.39 Å².